The Balaban J connectivity index is 1.86. The van der Waals surface area contributed by atoms with Crippen molar-refractivity contribution in [1.82, 2.24) is 5.32 Å². The molecule has 0 bridgehead atoms. The zero-order valence-corrected chi connectivity index (χ0v) is 13.1. The molecule has 0 aliphatic heterocycles. The highest BCUT2D eigenvalue weighted by Crippen LogP contribution is 2.20. The molecule has 21 heavy (non-hydrogen) atoms. The van der Waals surface area contributed by atoms with E-state index < -0.39 is 0 Å². The lowest BCUT2D eigenvalue weighted by Gasteiger charge is -2.17. The number of para-hydroxylation sites is 1. The van der Waals surface area contributed by atoms with E-state index in [-0.39, 0.29) is 0 Å². The molecule has 2 nitrogen and oxygen atoms in total. The van der Waals surface area contributed by atoms with Crippen molar-refractivity contribution in [3.8, 4) is 5.75 Å². The second-order valence-electron chi connectivity index (χ2n) is 5.17. The zero-order chi connectivity index (χ0) is 14.9. The summed E-state index contributed by atoms with van der Waals surface area (Å²) in [6.07, 6.45) is 1.97. The molecule has 1 unspecified atom stereocenters. The van der Waals surface area contributed by atoms with Crippen LogP contribution in [0.4, 0.5) is 0 Å². The van der Waals surface area contributed by atoms with Crippen molar-refractivity contribution in [1.29, 1.82) is 0 Å². The predicted octanol–water partition coefficient (Wildman–Crippen LogP) is 4.19. The van der Waals surface area contributed by atoms with Crippen molar-refractivity contribution >= 4 is 11.6 Å². The normalized spacial score (nSPS) is 12.1. The number of nitrogens with one attached hydrogen (secondary N) is 1. The molecule has 0 saturated heterocycles. The van der Waals surface area contributed by atoms with Crippen LogP contribution < -0.4 is 10.1 Å². The SMILES string of the molecule is CNCC(CCOc1ccccc1)Cc1ccccc1Cl. The molecule has 0 spiro atoms. The fourth-order valence-corrected chi connectivity index (χ4v) is 2.61. The number of benzene rings is 2. The fraction of sp³-hybridized carbons (Fsp3) is 0.333. The van der Waals surface area contributed by atoms with Crippen molar-refractivity contribution in [3.63, 3.8) is 0 Å². The Morgan fingerprint density at radius 2 is 1.76 bits per heavy atom. The van der Waals surface area contributed by atoms with Crippen LogP contribution in [0.5, 0.6) is 5.75 Å². The summed E-state index contributed by atoms with van der Waals surface area (Å²) >= 11 is 6.25. The van der Waals surface area contributed by atoms with E-state index in [9.17, 15) is 0 Å². The Morgan fingerprint density at radius 3 is 2.48 bits per heavy atom. The summed E-state index contributed by atoms with van der Waals surface area (Å²) in [5, 5.41) is 4.11. The van der Waals surface area contributed by atoms with E-state index in [2.05, 4.69) is 11.4 Å². The molecule has 0 aliphatic carbocycles. The minimum Gasteiger partial charge on any atom is -0.494 e. The van der Waals surface area contributed by atoms with Gasteiger partial charge in [-0.3, -0.25) is 0 Å². The van der Waals surface area contributed by atoms with Gasteiger partial charge >= 0.3 is 0 Å². The molecule has 0 saturated carbocycles. The predicted molar refractivity (Wildman–Crippen MR) is 89.1 cm³/mol. The maximum Gasteiger partial charge on any atom is 0.119 e. The van der Waals surface area contributed by atoms with Crippen LogP contribution in [0.1, 0.15) is 12.0 Å². The maximum absolute atomic E-state index is 6.25. The first-order valence-corrected chi connectivity index (χ1v) is 7.73. The Hall–Kier alpha value is -1.51. The number of halogens is 1. The van der Waals surface area contributed by atoms with Crippen LogP contribution in [-0.4, -0.2) is 20.2 Å². The summed E-state index contributed by atoms with van der Waals surface area (Å²) in [6, 6.07) is 18.0. The molecule has 112 valence electrons. The molecular weight excluding hydrogens is 282 g/mol. The summed E-state index contributed by atoms with van der Waals surface area (Å²) in [5.74, 6) is 1.44. The van der Waals surface area contributed by atoms with Crippen LogP contribution >= 0.6 is 11.6 Å². The molecule has 3 heteroatoms. The van der Waals surface area contributed by atoms with Crippen LogP contribution in [0.3, 0.4) is 0 Å². The van der Waals surface area contributed by atoms with Crippen LogP contribution in [0.25, 0.3) is 0 Å². The van der Waals surface area contributed by atoms with E-state index in [1.54, 1.807) is 0 Å². The third-order valence-electron chi connectivity index (χ3n) is 3.50. The molecule has 0 aromatic heterocycles. The standard InChI is InChI=1S/C18H22ClNO/c1-20-14-15(13-16-7-5-6-10-18(16)19)11-12-21-17-8-3-2-4-9-17/h2-10,15,20H,11-14H2,1H3. The van der Waals surface area contributed by atoms with Gasteiger partial charge < -0.3 is 10.1 Å². The average Bonchev–Trinajstić information content (AvgIpc) is 2.51. The Kier molecular flexibility index (Phi) is 6.58. The molecule has 2 aromatic rings. The molecule has 0 heterocycles. The summed E-state index contributed by atoms with van der Waals surface area (Å²) in [5.41, 5.74) is 1.21. The van der Waals surface area contributed by atoms with Gasteiger partial charge in [-0.15, -0.1) is 0 Å². The summed E-state index contributed by atoms with van der Waals surface area (Å²) in [4.78, 5) is 0. The lowest BCUT2D eigenvalue weighted by molar-refractivity contribution is 0.275. The molecule has 2 rings (SSSR count). The quantitative estimate of drug-likeness (QED) is 0.789. The van der Waals surface area contributed by atoms with Gasteiger partial charge in [0.25, 0.3) is 0 Å². The zero-order valence-electron chi connectivity index (χ0n) is 12.4. The molecule has 0 amide bonds. The molecular formula is C18H22ClNO. The first kappa shape index (κ1) is 15.9. The van der Waals surface area contributed by atoms with Gasteiger partial charge in [-0.05, 0) is 56.1 Å². The van der Waals surface area contributed by atoms with Gasteiger partial charge in [0.2, 0.25) is 0 Å². The van der Waals surface area contributed by atoms with Gasteiger partial charge in [0.1, 0.15) is 5.75 Å². The van der Waals surface area contributed by atoms with Gasteiger partial charge in [-0.2, -0.15) is 0 Å². The van der Waals surface area contributed by atoms with Crippen LogP contribution in [-0.2, 0) is 6.42 Å². The molecule has 0 radical (unpaired) electrons. The molecule has 0 aliphatic rings. The molecule has 1 atom stereocenters. The molecule has 0 fully saturated rings. The van der Waals surface area contributed by atoms with E-state index in [4.69, 9.17) is 16.3 Å². The van der Waals surface area contributed by atoms with Crippen molar-refractivity contribution < 1.29 is 4.74 Å². The largest absolute Gasteiger partial charge is 0.494 e. The minimum atomic E-state index is 0.513. The van der Waals surface area contributed by atoms with Gasteiger partial charge in [-0.1, -0.05) is 48.0 Å². The third-order valence-corrected chi connectivity index (χ3v) is 3.87. The third kappa shape index (κ3) is 5.41. The van der Waals surface area contributed by atoms with Crippen LogP contribution in [0.2, 0.25) is 5.02 Å². The Labute approximate surface area is 132 Å². The van der Waals surface area contributed by atoms with Crippen molar-refractivity contribution in [3.05, 3.63) is 65.2 Å². The number of hydrogen-bond donors (Lipinski definition) is 1. The molecule has 2 aromatic carbocycles. The second-order valence-corrected chi connectivity index (χ2v) is 5.58. The lowest BCUT2D eigenvalue weighted by Crippen LogP contribution is -2.22. The van der Waals surface area contributed by atoms with Crippen LogP contribution in [0, 0.1) is 5.92 Å². The monoisotopic (exact) mass is 303 g/mol. The highest BCUT2D eigenvalue weighted by atomic mass is 35.5. The van der Waals surface area contributed by atoms with Crippen molar-refractivity contribution in [2.45, 2.75) is 12.8 Å². The van der Waals surface area contributed by atoms with Crippen molar-refractivity contribution in [2.24, 2.45) is 5.92 Å². The van der Waals surface area contributed by atoms with E-state index >= 15 is 0 Å². The first-order valence-electron chi connectivity index (χ1n) is 7.35. The fourth-order valence-electron chi connectivity index (χ4n) is 2.40. The topological polar surface area (TPSA) is 21.3 Å². The van der Waals surface area contributed by atoms with Gasteiger partial charge in [0.15, 0.2) is 0 Å². The summed E-state index contributed by atoms with van der Waals surface area (Å²) in [6.45, 7) is 1.68. The number of hydrogen-bond acceptors (Lipinski definition) is 2. The van der Waals surface area contributed by atoms with Crippen molar-refractivity contribution in [2.75, 3.05) is 20.2 Å². The smallest absolute Gasteiger partial charge is 0.119 e. The maximum atomic E-state index is 6.25. The van der Waals surface area contributed by atoms with Gasteiger partial charge in [0, 0.05) is 5.02 Å². The second kappa shape index (κ2) is 8.71. The minimum absolute atomic E-state index is 0.513. The molecule has 1 N–H and O–H groups in total. The summed E-state index contributed by atoms with van der Waals surface area (Å²) < 4.78 is 5.79. The Bertz CT molecular complexity index is 530. The lowest BCUT2D eigenvalue weighted by atomic mass is 9.96. The van der Waals surface area contributed by atoms with Gasteiger partial charge in [-0.25, -0.2) is 0 Å². The van der Waals surface area contributed by atoms with E-state index in [1.165, 1.54) is 5.56 Å². The van der Waals surface area contributed by atoms with E-state index in [0.717, 1.165) is 36.8 Å². The first-order chi connectivity index (χ1) is 10.3. The highest BCUT2D eigenvalue weighted by Gasteiger charge is 2.11. The highest BCUT2D eigenvalue weighted by molar-refractivity contribution is 6.31. The van der Waals surface area contributed by atoms with E-state index in [0.29, 0.717) is 5.92 Å². The number of ether oxygens (including phenoxy) is 1. The average molecular weight is 304 g/mol. The number of rotatable bonds is 8. The summed E-state index contributed by atoms with van der Waals surface area (Å²) in [7, 11) is 1.98. The van der Waals surface area contributed by atoms with Gasteiger partial charge in [0.05, 0.1) is 6.61 Å². The van der Waals surface area contributed by atoms with Crippen LogP contribution in [0.15, 0.2) is 54.6 Å². The Morgan fingerprint density at radius 1 is 1.05 bits per heavy atom. The van der Waals surface area contributed by atoms with E-state index in [1.807, 2.05) is 55.6 Å².